The first-order valence-electron chi connectivity index (χ1n) is 6.47. The minimum atomic E-state index is -0.0195. The Morgan fingerprint density at radius 1 is 1.53 bits per heavy atom. The van der Waals surface area contributed by atoms with Crippen molar-refractivity contribution < 1.29 is 9.90 Å². The Hall–Kier alpha value is -0.580. The average molecular weight is 347 g/mol. The Balaban J connectivity index is 2.12. The molecule has 1 fully saturated rings. The van der Waals surface area contributed by atoms with E-state index in [1.165, 1.54) is 0 Å². The number of piperidine rings is 1. The summed E-state index contributed by atoms with van der Waals surface area (Å²) in [6.07, 6.45) is 2.83. The second-order valence-corrected chi connectivity index (χ2v) is 6.11. The van der Waals surface area contributed by atoms with E-state index in [-0.39, 0.29) is 12.5 Å². The molecule has 2 rings (SSSR count). The molecule has 0 radical (unpaired) electrons. The maximum Gasteiger partial charge on any atom is 0.255 e. The highest BCUT2D eigenvalue weighted by molar-refractivity contribution is 9.10. The van der Waals surface area contributed by atoms with Crippen LogP contribution in [0.1, 0.15) is 29.6 Å². The van der Waals surface area contributed by atoms with Crippen LogP contribution in [0.2, 0.25) is 5.02 Å². The molecule has 1 atom stereocenters. The summed E-state index contributed by atoms with van der Waals surface area (Å²) in [5, 5.41) is 9.48. The van der Waals surface area contributed by atoms with Crippen molar-refractivity contribution in [1.82, 2.24) is 4.90 Å². The van der Waals surface area contributed by atoms with Crippen molar-refractivity contribution in [2.75, 3.05) is 19.7 Å². The Morgan fingerprint density at radius 3 is 3.05 bits per heavy atom. The van der Waals surface area contributed by atoms with Crippen molar-refractivity contribution in [3.63, 3.8) is 0 Å². The van der Waals surface area contributed by atoms with Gasteiger partial charge in [0.25, 0.3) is 5.91 Å². The SMILES string of the molecule is O=C(c1cccc(Br)c1Cl)N1CCCC(CCO)C1. The molecule has 1 N–H and O–H groups in total. The first kappa shape index (κ1) is 14.8. The van der Waals surface area contributed by atoms with Crippen LogP contribution in [0.5, 0.6) is 0 Å². The molecule has 0 aliphatic carbocycles. The van der Waals surface area contributed by atoms with E-state index in [9.17, 15) is 4.79 Å². The zero-order valence-corrected chi connectivity index (χ0v) is 13.0. The molecule has 1 amide bonds. The number of amides is 1. The first-order valence-corrected chi connectivity index (χ1v) is 7.64. The van der Waals surface area contributed by atoms with Gasteiger partial charge in [-0.25, -0.2) is 0 Å². The molecular weight excluding hydrogens is 330 g/mol. The molecule has 1 unspecified atom stereocenters. The summed E-state index contributed by atoms with van der Waals surface area (Å²) in [4.78, 5) is 14.3. The molecule has 3 nitrogen and oxygen atoms in total. The number of aliphatic hydroxyl groups excluding tert-OH is 1. The molecule has 1 aliphatic heterocycles. The zero-order chi connectivity index (χ0) is 13.8. The summed E-state index contributed by atoms with van der Waals surface area (Å²) >= 11 is 9.51. The quantitative estimate of drug-likeness (QED) is 0.912. The minimum absolute atomic E-state index is 0.0195. The molecular formula is C14H17BrClNO2. The number of hydrogen-bond acceptors (Lipinski definition) is 2. The van der Waals surface area contributed by atoms with Gasteiger partial charge < -0.3 is 10.0 Å². The van der Waals surface area contributed by atoms with Gasteiger partial charge in [0.15, 0.2) is 0 Å². The molecule has 0 bridgehead atoms. The van der Waals surface area contributed by atoms with Crippen LogP contribution < -0.4 is 0 Å². The molecule has 0 saturated carbocycles. The second kappa shape index (κ2) is 6.73. The van der Waals surface area contributed by atoms with Crippen molar-refractivity contribution in [2.24, 2.45) is 5.92 Å². The maximum atomic E-state index is 12.5. The monoisotopic (exact) mass is 345 g/mol. The van der Waals surface area contributed by atoms with E-state index in [4.69, 9.17) is 16.7 Å². The van der Waals surface area contributed by atoms with Crippen LogP contribution in [0.4, 0.5) is 0 Å². The van der Waals surface area contributed by atoms with E-state index in [1.807, 2.05) is 17.0 Å². The van der Waals surface area contributed by atoms with Crippen LogP contribution in [0.3, 0.4) is 0 Å². The van der Waals surface area contributed by atoms with Crippen LogP contribution in [0, 0.1) is 5.92 Å². The van der Waals surface area contributed by atoms with Crippen LogP contribution in [-0.2, 0) is 0 Å². The molecule has 19 heavy (non-hydrogen) atoms. The number of carbonyl (C=O) groups excluding carboxylic acids is 1. The minimum Gasteiger partial charge on any atom is -0.396 e. The van der Waals surface area contributed by atoms with Crippen molar-refractivity contribution in [2.45, 2.75) is 19.3 Å². The Labute approximate surface area is 126 Å². The topological polar surface area (TPSA) is 40.5 Å². The average Bonchev–Trinajstić information content (AvgIpc) is 2.42. The van der Waals surface area contributed by atoms with Gasteiger partial charge in [0.05, 0.1) is 10.6 Å². The van der Waals surface area contributed by atoms with Crippen LogP contribution in [0.15, 0.2) is 22.7 Å². The maximum absolute atomic E-state index is 12.5. The third kappa shape index (κ3) is 3.50. The predicted octanol–water partition coefficient (Wildman–Crippen LogP) is 3.34. The summed E-state index contributed by atoms with van der Waals surface area (Å²) in [5.74, 6) is 0.377. The number of benzene rings is 1. The normalized spacial score (nSPS) is 19.5. The number of rotatable bonds is 3. The van der Waals surface area contributed by atoms with Gasteiger partial charge in [-0.15, -0.1) is 0 Å². The van der Waals surface area contributed by atoms with E-state index >= 15 is 0 Å². The number of likely N-dealkylation sites (tertiary alicyclic amines) is 1. The highest BCUT2D eigenvalue weighted by Gasteiger charge is 2.25. The van der Waals surface area contributed by atoms with Gasteiger partial charge in [-0.2, -0.15) is 0 Å². The lowest BCUT2D eigenvalue weighted by molar-refractivity contribution is 0.0653. The first-order chi connectivity index (χ1) is 9.13. The van der Waals surface area contributed by atoms with Crippen LogP contribution in [0.25, 0.3) is 0 Å². The predicted molar refractivity (Wildman–Crippen MR) is 79.5 cm³/mol. The lowest BCUT2D eigenvalue weighted by atomic mass is 9.94. The van der Waals surface area contributed by atoms with Crippen LogP contribution in [-0.4, -0.2) is 35.6 Å². The number of nitrogens with zero attached hydrogens (tertiary/aromatic N) is 1. The Bertz CT molecular complexity index is 465. The summed E-state index contributed by atoms with van der Waals surface area (Å²) < 4.78 is 0.740. The van der Waals surface area contributed by atoms with Crippen molar-refractivity contribution >= 4 is 33.4 Å². The molecule has 1 heterocycles. The van der Waals surface area contributed by atoms with E-state index in [0.717, 1.165) is 30.3 Å². The van der Waals surface area contributed by atoms with Gasteiger partial charge in [-0.1, -0.05) is 17.7 Å². The molecule has 1 aliphatic rings. The van der Waals surface area contributed by atoms with Crippen molar-refractivity contribution in [3.8, 4) is 0 Å². The Kier molecular flexibility index (Phi) is 5.25. The summed E-state index contributed by atoms with van der Waals surface area (Å²) in [7, 11) is 0. The summed E-state index contributed by atoms with van der Waals surface area (Å²) in [5.41, 5.74) is 0.542. The highest BCUT2D eigenvalue weighted by Crippen LogP contribution is 2.28. The highest BCUT2D eigenvalue weighted by atomic mass is 79.9. The molecule has 0 spiro atoms. The van der Waals surface area contributed by atoms with Gasteiger partial charge >= 0.3 is 0 Å². The van der Waals surface area contributed by atoms with Gasteiger partial charge in [-0.05, 0) is 53.2 Å². The zero-order valence-electron chi connectivity index (χ0n) is 10.6. The number of hydrogen-bond donors (Lipinski definition) is 1. The van der Waals surface area contributed by atoms with Gasteiger partial charge in [0.1, 0.15) is 0 Å². The van der Waals surface area contributed by atoms with Gasteiger partial charge in [0, 0.05) is 24.2 Å². The lowest BCUT2D eigenvalue weighted by Gasteiger charge is -2.32. The molecule has 104 valence electrons. The third-order valence-corrected chi connectivity index (χ3v) is 4.82. The van der Waals surface area contributed by atoms with E-state index in [2.05, 4.69) is 15.9 Å². The fourth-order valence-corrected chi connectivity index (χ4v) is 3.08. The molecule has 1 aromatic carbocycles. The van der Waals surface area contributed by atoms with Gasteiger partial charge in [-0.3, -0.25) is 4.79 Å². The van der Waals surface area contributed by atoms with E-state index in [1.54, 1.807) is 6.07 Å². The molecule has 1 saturated heterocycles. The second-order valence-electron chi connectivity index (χ2n) is 4.87. The van der Waals surface area contributed by atoms with E-state index in [0.29, 0.717) is 23.0 Å². The molecule has 1 aromatic rings. The van der Waals surface area contributed by atoms with Gasteiger partial charge in [0.2, 0.25) is 0 Å². The fourth-order valence-electron chi connectivity index (χ4n) is 2.51. The fraction of sp³-hybridized carbons (Fsp3) is 0.500. The van der Waals surface area contributed by atoms with Crippen LogP contribution >= 0.6 is 27.5 Å². The smallest absolute Gasteiger partial charge is 0.255 e. The lowest BCUT2D eigenvalue weighted by Crippen LogP contribution is -2.40. The Morgan fingerprint density at radius 2 is 2.32 bits per heavy atom. The largest absolute Gasteiger partial charge is 0.396 e. The molecule has 5 heteroatoms. The van der Waals surface area contributed by atoms with E-state index < -0.39 is 0 Å². The number of aliphatic hydroxyl groups is 1. The molecule has 0 aromatic heterocycles. The van der Waals surface area contributed by atoms with Crippen molar-refractivity contribution in [1.29, 1.82) is 0 Å². The number of halogens is 2. The summed E-state index contributed by atoms with van der Waals surface area (Å²) in [6.45, 7) is 1.66. The summed E-state index contributed by atoms with van der Waals surface area (Å²) in [6, 6.07) is 5.40. The van der Waals surface area contributed by atoms with Crippen molar-refractivity contribution in [3.05, 3.63) is 33.3 Å². The third-order valence-electron chi connectivity index (χ3n) is 3.53. The standard InChI is InChI=1S/C14H17BrClNO2/c15-12-5-1-4-11(13(12)16)14(19)17-7-2-3-10(9-17)6-8-18/h1,4-5,10,18H,2-3,6-9H2. The number of carbonyl (C=O) groups is 1.